The van der Waals surface area contributed by atoms with Gasteiger partial charge in [-0.1, -0.05) is 4.49 Å². The molecule has 0 aliphatic heterocycles. The van der Waals surface area contributed by atoms with Crippen LogP contribution < -0.4 is 5.32 Å². The summed E-state index contributed by atoms with van der Waals surface area (Å²) in [4.78, 5) is 15.4. The normalized spacial score (nSPS) is 11.3. The highest BCUT2D eigenvalue weighted by Crippen LogP contribution is 2.29. The van der Waals surface area contributed by atoms with Gasteiger partial charge in [-0.2, -0.15) is 13.2 Å². The highest BCUT2D eigenvalue weighted by atomic mass is 32.1. The van der Waals surface area contributed by atoms with Crippen LogP contribution in [0, 0.1) is 0 Å². The fourth-order valence-electron chi connectivity index (χ4n) is 1.12. The van der Waals surface area contributed by atoms with Crippen molar-refractivity contribution in [2.24, 2.45) is 0 Å². The summed E-state index contributed by atoms with van der Waals surface area (Å²) in [6, 6.07) is 1.58. The number of nitrogens with one attached hydrogen (secondary N) is 1. The fraction of sp³-hybridized carbons (Fsp3) is 0.111. The SMILES string of the molecule is O=C(Nc1cc(C(F)(F)F)ccn1)c1cnns1. The van der Waals surface area contributed by atoms with E-state index in [9.17, 15) is 18.0 Å². The number of hydrogen-bond donors (Lipinski definition) is 1. The van der Waals surface area contributed by atoms with E-state index in [1.54, 1.807) is 0 Å². The van der Waals surface area contributed by atoms with E-state index in [4.69, 9.17) is 0 Å². The topological polar surface area (TPSA) is 67.8 Å². The van der Waals surface area contributed by atoms with Crippen LogP contribution in [-0.2, 0) is 6.18 Å². The molecule has 0 radical (unpaired) electrons. The molecule has 0 unspecified atom stereocenters. The van der Waals surface area contributed by atoms with E-state index in [0.29, 0.717) is 0 Å². The summed E-state index contributed by atoms with van der Waals surface area (Å²) in [7, 11) is 0. The van der Waals surface area contributed by atoms with Crippen LogP contribution in [-0.4, -0.2) is 20.5 Å². The van der Waals surface area contributed by atoms with E-state index in [0.717, 1.165) is 29.9 Å². The predicted molar refractivity (Wildman–Crippen MR) is 57.1 cm³/mol. The Morgan fingerprint density at radius 1 is 1.39 bits per heavy atom. The van der Waals surface area contributed by atoms with Crippen LogP contribution >= 0.6 is 11.5 Å². The van der Waals surface area contributed by atoms with Gasteiger partial charge in [0.05, 0.1) is 11.8 Å². The Labute approximate surface area is 103 Å². The number of alkyl halides is 3. The monoisotopic (exact) mass is 274 g/mol. The molecule has 0 aromatic carbocycles. The van der Waals surface area contributed by atoms with E-state index in [1.165, 1.54) is 6.20 Å². The van der Waals surface area contributed by atoms with Crippen LogP contribution in [0.5, 0.6) is 0 Å². The van der Waals surface area contributed by atoms with E-state index < -0.39 is 17.6 Å². The molecule has 1 N–H and O–H groups in total. The molecule has 94 valence electrons. The number of carbonyl (C=O) groups excluding carboxylic acids is 1. The smallest absolute Gasteiger partial charge is 0.306 e. The van der Waals surface area contributed by atoms with Crippen LogP contribution in [0.2, 0.25) is 0 Å². The summed E-state index contributed by atoms with van der Waals surface area (Å²) in [5.41, 5.74) is -0.879. The van der Waals surface area contributed by atoms with Gasteiger partial charge in [0.15, 0.2) is 0 Å². The minimum absolute atomic E-state index is 0.178. The lowest BCUT2D eigenvalue weighted by Crippen LogP contribution is -2.13. The van der Waals surface area contributed by atoms with Crippen LogP contribution in [0.1, 0.15) is 15.2 Å². The molecular formula is C9H5F3N4OS. The average Bonchev–Trinajstić information content (AvgIpc) is 2.81. The maximum Gasteiger partial charge on any atom is 0.416 e. The molecule has 18 heavy (non-hydrogen) atoms. The van der Waals surface area contributed by atoms with E-state index in [1.807, 2.05) is 0 Å². The van der Waals surface area contributed by atoms with Gasteiger partial charge in [-0.05, 0) is 23.7 Å². The third-order valence-corrected chi connectivity index (χ3v) is 2.58. The number of pyridine rings is 1. The van der Waals surface area contributed by atoms with Gasteiger partial charge in [-0.25, -0.2) is 4.98 Å². The highest BCUT2D eigenvalue weighted by molar-refractivity contribution is 7.07. The number of amides is 1. The molecular weight excluding hydrogens is 269 g/mol. The second kappa shape index (κ2) is 4.69. The van der Waals surface area contributed by atoms with Gasteiger partial charge < -0.3 is 5.32 Å². The van der Waals surface area contributed by atoms with Gasteiger partial charge in [0.2, 0.25) is 0 Å². The molecule has 0 fully saturated rings. The lowest BCUT2D eigenvalue weighted by molar-refractivity contribution is -0.137. The van der Waals surface area contributed by atoms with Gasteiger partial charge in [0.25, 0.3) is 5.91 Å². The van der Waals surface area contributed by atoms with Gasteiger partial charge in [-0.15, -0.1) is 5.10 Å². The van der Waals surface area contributed by atoms with Crippen molar-refractivity contribution in [1.29, 1.82) is 0 Å². The van der Waals surface area contributed by atoms with Crippen LogP contribution in [0.15, 0.2) is 24.5 Å². The Bertz CT molecular complexity index is 555. The molecule has 0 bridgehead atoms. The number of nitrogens with zero attached hydrogens (tertiary/aromatic N) is 3. The number of carbonyl (C=O) groups is 1. The number of rotatable bonds is 2. The molecule has 2 aromatic heterocycles. The Kier molecular flexibility index (Phi) is 3.24. The third-order valence-electron chi connectivity index (χ3n) is 1.91. The van der Waals surface area contributed by atoms with Crippen molar-refractivity contribution in [2.45, 2.75) is 6.18 Å². The first kappa shape index (κ1) is 12.4. The van der Waals surface area contributed by atoms with Crippen molar-refractivity contribution in [2.75, 3.05) is 5.32 Å². The Balaban J connectivity index is 2.18. The molecule has 0 saturated heterocycles. The standard InChI is InChI=1S/C9H5F3N4OS/c10-9(11,12)5-1-2-13-7(3-5)15-8(17)6-4-14-16-18-6/h1-4H,(H,13,15,17). The zero-order chi connectivity index (χ0) is 13.2. The van der Waals surface area contributed by atoms with Crippen LogP contribution in [0.3, 0.4) is 0 Å². The van der Waals surface area contributed by atoms with Crippen molar-refractivity contribution in [3.63, 3.8) is 0 Å². The molecule has 0 saturated carbocycles. The van der Waals surface area contributed by atoms with Crippen molar-refractivity contribution in [3.05, 3.63) is 35.0 Å². The van der Waals surface area contributed by atoms with E-state index in [2.05, 4.69) is 19.9 Å². The summed E-state index contributed by atoms with van der Waals surface area (Å²) < 4.78 is 40.7. The van der Waals surface area contributed by atoms with Gasteiger partial charge in [0, 0.05) is 6.20 Å². The molecule has 9 heteroatoms. The van der Waals surface area contributed by atoms with Crippen molar-refractivity contribution in [3.8, 4) is 0 Å². The number of aromatic nitrogens is 3. The molecule has 2 aromatic rings. The zero-order valence-corrected chi connectivity index (χ0v) is 9.42. The van der Waals surface area contributed by atoms with Gasteiger partial charge >= 0.3 is 6.18 Å². The summed E-state index contributed by atoms with van der Waals surface area (Å²) in [6.07, 6.45) is -2.29. The lowest BCUT2D eigenvalue weighted by Gasteiger charge is -2.08. The summed E-state index contributed by atoms with van der Waals surface area (Å²) in [5, 5.41) is 5.69. The lowest BCUT2D eigenvalue weighted by atomic mass is 10.2. The highest BCUT2D eigenvalue weighted by Gasteiger charge is 2.30. The fourth-order valence-corrected chi connectivity index (χ4v) is 1.53. The van der Waals surface area contributed by atoms with Crippen molar-refractivity contribution >= 4 is 23.3 Å². The second-order valence-electron chi connectivity index (χ2n) is 3.16. The quantitative estimate of drug-likeness (QED) is 0.911. The summed E-state index contributed by atoms with van der Waals surface area (Å²) in [5.74, 6) is -0.778. The minimum atomic E-state index is -4.48. The molecule has 0 aliphatic rings. The molecule has 0 aliphatic carbocycles. The van der Waals surface area contributed by atoms with Crippen molar-refractivity contribution in [1.82, 2.24) is 14.6 Å². The average molecular weight is 274 g/mol. The summed E-state index contributed by atoms with van der Waals surface area (Å²) >= 11 is 0.837. The number of hydrogen-bond acceptors (Lipinski definition) is 5. The van der Waals surface area contributed by atoms with Gasteiger partial charge in [0.1, 0.15) is 10.7 Å². The Hall–Kier alpha value is -2.03. The molecule has 1 amide bonds. The molecule has 2 rings (SSSR count). The summed E-state index contributed by atoms with van der Waals surface area (Å²) in [6.45, 7) is 0. The second-order valence-corrected chi connectivity index (χ2v) is 3.95. The zero-order valence-electron chi connectivity index (χ0n) is 8.60. The first-order valence-electron chi connectivity index (χ1n) is 4.59. The molecule has 5 nitrogen and oxygen atoms in total. The van der Waals surface area contributed by atoms with Gasteiger partial charge in [-0.3, -0.25) is 4.79 Å². The molecule has 0 spiro atoms. The number of halogens is 3. The maximum atomic E-state index is 12.4. The first-order chi connectivity index (χ1) is 8.47. The van der Waals surface area contributed by atoms with Crippen molar-refractivity contribution < 1.29 is 18.0 Å². The first-order valence-corrected chi connectivity index (χ1v) is 5.36. The van der Waals surface area contributed by atoms with E-state index >= 15 is 0 Å². The van der Waals surface area contributed by atoms with E-state index in [-0.39, 0.29) is 10.7 Å². The number of anilines is 1. The predicted octanol–water partition coefficient (Wildman–Crippen LogP) is 2.20. The van der Waals surface area contributed by atoms with Crippen LogP contribution in [0.25, 0.3) is 0 Å². The largest absolute Gasteiger partial charge is 0.416 e. The molecule has 0 atom stereocenters. The minimum Gasteiger partial charge on any atom is -0.306 e. The third kappa shape index (κ3) is 2.80. The Morgan fingerprint density at radius 2 is 2.17 bits per heavy atom. The Morgan fingerprint density at radius 3 is 2.78 bits per heavy atom. The maximum absolute atomic E-state index is 12.4. The molecule has 2 heterocycles. The van der Waals surface area contributed by atoms with Crippen LogP contribution in [0.4, 0.5) is 19.0 Å².